The minimum atomic E-state index is -1.03. The van der Waals surface area contributed by atoms with Gasteiger partial charge in [-0.2, -0.15) is 9.78 Å². The Morgan fingerprint density at radius 3 is 1.77 bits per heavy atom. The normalized spacial score (nSPS) is 8.80. The van der Waals surface area contributed by atoms with E-state index in [1.54, 1.807) is 16.0 Å². The number of nitrogens with zero attached hydrogens (tertiary/aromatic N) is 4. The number of aromatic nitrogens is 8. The second-order valence-electron chi connectivity index (χ2n) is 6.09. The summed E-state index contributed by atoms with van der Waals surface area (Å²) in [5, 5.41) is 30.2. The smallest absolute Gasteiger partial charge is 0.495 e. The van der Waals surface area contributed by atoms with Crippen molar-refractivity contribution in [1.29, 1.82) is 0 Å². The molecule has 24 nitrogen and oxygen atoms in total. The third kappa shape index (κ3) is 12.9. The molecular weight excluding hydrogens is 552 g/mol. The first-order valence-corrected chi connectivity index (χ1v) is 9.34. The number of nitrogens with one attached hydrogen (secondary N) is 6. The van der Waals surface area contributed by atoms with Crippen molar-refractivity contribution in [3.05, 3.63) is 109 Å². The summed E-state index contributed by atoms with van der Waals surface area (Å²) in [7, 11) is 0. The second-order valence-corrected chi connectivity index (χ2v) is 6.09. The second kappa shape index (κ2) is 17.0. The number of nitrogen functional groups attached to an aromatic ring is 2. The van der Waals surface area contributed by atoms with Gasteiger partial charge in [-0.1, -0.05) is 0 Å². The van der Waals surface area contributed by atoms with E-state index < -0.39 is 49.7 Å². The van der Waals surface area contributed by atoms with Crippen LogP contribution in [0, 0.1) is 20.2 Å². The highest BCUT2D eigenvalue weighted by Crippen LogP contribution is 1.99. The highest BCUT2D eigenvalue weighted by atomic mass is 16.6. The lowest BCUT2D eigenvalue weighted by Gasteiger charge is -1.99. The van der Waals surface area contributed by atoms with Crippen molar-refractivity contribution in [2.75, 3.05) is 11.5 Å². The molecule has 14 N–H and O–H groups in total. The highest BCUT2D eigenvalue weighted by molar-refractivity contribution is 5.23. The lowest BCUT2D eigenvalue weighted by atomic mass is 10.5. The maximum Gasteiger partial charge on any atom is 0.495 e. The molecule has 0 aromatic carbocycles. The molecule has 0 fully saturated rings. The third-order valence-electron chi connectivity index (χ3n) is 3.38. The first-order chi connectivity index (χ1) is 17.8. The molecule has 0 bridgehead atoms. The number of nitro groups is 2. The fourth-order valence-electron chi connectivity index (χ4n) is 1.84. The average Bonchev–Trinajstić information content (AvgIpc) is 2.79. The predicted octanol–water partition coefficient (Wildman–Crippen LogP) is -5.80. The lowest BCUT2D eigenvalue weighted by Crippen LogP contribution is -2.28. The molecule has 4 heterocycles. The van der Waals surface area contributed by atoms with Crippen LogP contribution >= 0.6 is 0 Å². The summed E-state index contributed by atoms with van der Waals surface area (Å²) in [5.74, 6) is 0.707. The van der Waals surface area contributed by atoms with Gasteiger partial charge in [-0.3, -0.25) is 39.8 Å². The topological polar surface area (TPSA) is 429 Å². The van der Waals surface area contributed by atoms with E-state index in [1.807, 2.05) is 4.98 Å². The number of aromatic amines is 6. The van der Waals surface area contributed by atoms with Crippen molar-refractivity contribution >= 4 is 23.0 Å². The summed E-state index contributed by atoms with van der Waals surface area (Å²) in [6, 6.07) is 2.20. The summed E-state index contributed by atoms with van der Waals surface area (Å²) in [6.45, 7) is 0. The maximum absolute atomic E-state index is 10.6. The monoisotopic (exact) mass is 572 g/mol. The summed E-state index contributed by atoms with van der Waals surface area (Å²) in [4.78, 5) is 88.9. The molecule has 0 unspecified atom stereocenters. The first-order valence-electron chi connectivity index (χ1n) is 9.34. The van der Waals surface area contributed by atoms with Crippen LogP contribution in [-0.4, -0.2) is 55.7 Å². The Labute approximate surface area is 216 Å². The van der Waals surface area contributed by atoms with Gasteiger partial charge in [-0.05, 0) is 6.07 Å². The van der Waals surface area contributed by atoms with Crippen LogP contribution in [0.5, 0.6) is 6.01 Å². The van der Waals surface area contributed by atoms with Crippen LogP contribution in [0.2, 0.25) is 0 Å². The number of hydrogen-bond acceptors (Lipinski definition) is 14. The van der Waals surface area contributed by atoms with Crippen LogP contribution in [-0.2, 0) is 0 Å². The predicted molar refractivity (Wildman–Crippen MR) is 130 cm³/mol. The van der Waals surface area contributed by atoms with Crippen LogP contribution in [0.25, 0.3) is 0 Å². The summed E-state index contributed by atoms with van der Waals surface area (Å²) < 4.78 is 0. The molecule has 0 aliphatic rings. The van der Waals surface area contributed by atoms with E-state index in [0.717, 1.165) is 6.20 Å². The molecule has 0 saturated heterocycles. The number of nitrogens with two attached hydrogens (primary N) is 2. The fourth-order valence-corrected chi connectivity index (χ4v) is 1.84. The summed E-state index contributed by atoms with van der Waals surface area (Å²) in [6.07, 6.45) is 4.21. The Kier molecular flexibility index (Phi) is 15.1. The van der Waals surface area contributed by atoms with Gasteiger partial charge in [0.25, 0.3) is 0 Å². The number of rotatable bonds is 2. The van der Waals surface area contributed by atoms with Gasteiger partial charge in [-0.15, -0.1) is 0 Å². The molecule has 0 amide bonds. The molecular formula is C16H20N12O12. The molecule has 0 radical (unpaired) electrons. The molecule has 0 spiro atoms. The molecule has 40 heavy (non-hydrogen) atoms. The van der Waals surface area contributed by atoms with Crippen LogP contribution in [0.1, 0.15) is 0 Å². The van der Waals surface area contributed by atoms with Gasteiger partial charge in [0.15, 0.2) is 5.82 Å². The lowest BCUT2D eigenvalue weighted by molar-refractivity contribution is -0.402. The van der Waals surface area contributed by atoms with Gasteiger partial charge in [-0.25, -0.2) is 24.5 Å². The zero-order chi connectivity index (χ0) is 28.8. The van der Waals surface area contributed by atoms with E-state index in [9.17, 15) is 49.3 Å². The Morgan fingerprint density at radius 1 is 0.800 bits per heavy atom. The molecule has 216 valence electrons. The van der Waals surface area contributed by atoms with Gasteiger partial charge < -0.3 is 37.5 Å². The SMILES string of the molecule is Nc1cc[nH+]c(=O)[nH]1.Nc1ccnc(=O)[nH]1.O.O.O=c1[nH]c([O-])ncc1[N+](=O)[O-].O=c1[nH]cc([N+](=O)[O-])c(=O)[nH]1. The van der Waals surface area contributed by atoms with E-state index >= 15 is 0 Å². The molecule has 24 heteroatoms. The number of H-pyrrole nitrogens is 6. The van der Waals surface area contributed by atoms with Gasteiger partial charge in [0.05, 0.1) is 28.3 Å². The van der Waals surface area contributed by atoms with Gasteiger partial charge in [0, 0.05) is 12.3 Å². The summed E-state index contributed by atoms with van der Waals surface area (Å²) in [5.41, 5.74) is 5.44. The van der Waals surface area contributed by atoms with E-state index in [-0.39, 0.29) is 16.6 Å². The van der Waals surface area contributed by atoms with E-state index in [0.29, 0.717) is 17.8 Å². The third-order valence-corrected chi connectivity index (χ3v) is 3.38. The van der Waals surface area contributed by atoms with Crippen LogP contribution in [0.15, 0.2) is 60.9 Å². The van der Waals surface area contributed by atoms with Gasteiger partial charge >= 0.3 is 39.6 Å². The number of anilines is 2. The van der Waals surface area contributed by atoms with Crippen molar-refractivity contribution in [3.8, 4) is 6.01 Å². The van der Waals surface area contributed by atoms with Crippen molar-refractivity contribution in [2.24, 2.45) is 0 Å². The zero-order valence-electron chi connectivity index (χ0n) is 19.5. The average molecular weight is 572 g/mol. The van der Waals surface area contributed by atoms with Crippen LogP contribution < -0.4 is 49.7 Å². The minimum Gasteiger partial charge on any atom is -0.846 e. The molecule has 4 aromatic rings. The van der Waals surface area contributed by atoms with E-state index in [4.69, 9.17) is 11.5 Å². The standard InChI is InChI=1S/2C4H3N3O4.2C4H5N3O.2H2O/c2*8-3-2(7(10)11)1-5-4(9)6-3;2*5-3-1-2-6-4(8)7-3;;/h2*1H,(H2,5,6,8,9);2*1-2H,(H3,5,6,7,8);2*1H2. The quantitative estimate of drug-likeness (QED) is 0.0869. The van der Waals surface area contributed by atoms with Gasteiger partial charge in [0.2, 0.25) is 0 Å². The Bertz CT molecular complexity index is 1640. The maximum atomic E-state index is 10.6. The molecule has 4 aromatic heterocycles. The zero-order valence-corrected chi connectivity index (χ0v) is 19.5. The highest BCUT2D eigenvalue weighted by Gasteiger charge is 2.11. The van der Waals surface area contributed by atoms with Crippen LogP contribution in [0.3, 0.4) is 0 Å². The van der Waals surface area contributed by atoms with Crippen molar-refractivity contribution in [2.45, 2.75) is 0 Å². The van der Waals surface area contributed by atoms with Crippen molar-refractivity contribution < 1.29 is 30.9 Å². The first kappa shape index (κ1) is 35.6. The Balaban J connectivity index is 0. The van der Waals surface area contributed by atoms with E-state index in [1.165, 1.54) is 18.5 Å². The fraction of sp³-hybridized carbons (Fsp3) is 0. The van der Waals surface area contributed by atoms with Crippen molar-refractivity contribution in [1.82, 2.24) is 34.9 Å². The largest absolute Gasteiger partial charge is 0.846 e. The molecule has 0 aliphatic heterocycles. The Morgan fingerprint density at radius 2 is 1.38 bits per heavy atom. The molecule has 0 atom stereocenters. The van der Waals surface area contributed by atoms with Crippen molar-refractivity contribution in [3.63, 3.8) is 0 Å². The molecule has 4 rings (SSSR count). The van der Waals surface area contributed by atoms with E-state index in [2.05, 4.69) is 24.9 Å². The summed E-state index contributed by atoms with van der Waals surface area (Å²) >= 11 is 0. The van der Waals surface area contributed by atoms with Crippen LogP contribution in [0.4, 0.5) is 23.0 Å². The van der Waals surface area contributed by atoms with Gasteiger partial charge in [0.1, 0.15) is 12.0 Å². The Hall–Kier alpha value is -6.56. The molecule has 0 saturated carbocycles. The number of hydrogen-bond donors (Lipinski definition) is 7. The minimum absolute atomic E-state index is 0. The molecule has 0 aliphatic carbocycles.